The summed E-state index contributed by atoms with van der Waals surface area (Å²) in [6.45, 7) is 6.83. The lowest BCUT2D eigenvalue weighted by molar-refractivity contribution is -0.132. The van der Waals surface area contributed by atoms with Crippen molar-refractivity contribution in [3.05, 3.63) is 40.7 Å². The number of ether oxygens (including phenoxy) is 1. The van der Waals surface area contributed by atoms with Gasteiger partial charge in [0.2, 0.25) is 11.8 Å². The summed E-state index contributed by atoms with van der Waals surface area (Å²) in [6.07, 6.45) is 2.39. The zero-order chi connectivity index (χ0) is 18.5. The number of hydrogen-bond donors (Lipinski definition) is 0. The fourth-order valence-electron chi connectivity index (χ4n) is 3.31. The third-order valence-corrected chi connectivity index (χ3v) is 5.07. The fraction of sp³-hybridized carbons (Fsp3) is 0.500. The Morgan fingerprint density at radius 1 is 1.42 bits per heavy atom. The maximum Gasteiger partial charge on any atom is 0.228 e. The predicted molar refractivity (Wildman–Crippen MR) is 101 cm³/mol. The van der Waals surface area contributed by atoms with Crippen LogP contribution in [0.1, 0.15) is 31.2 Å². The van der Waals surface area contributed by atoms with Crippen molar-refractivity contribution in [2.24, 2.45) is 5.92 Å². The molecule has 0 radical (unpaired) electrons. The van der Waals surface area contributed by atoms with Gasteiger partial charge >= 0.3 is 0 Å². The first-order valence-corrected chi connectivity index (χ1v) is 9.53. The molecular formula is C20H25ClN2O3. The average Bonchev–Trinajstić information content (AvgIpc) is 3.01. The Morgan fingerprint density at radius 3 is 3.00 bits per heavy atom. The summed E-state index contributed by atoms with van der Waals surface area (Å²) in [5.41, 5.74) is 1.42. The molecule has 5 nitrogen and oxygen atoms in total. The summed E-state index contributed by atoms with van der Waals surface area (Å²) < 4.78 is 11.3. The molecule has 0 saturated carbocycles. The van der Waals surface area contributed by atoms with Crippen molar-refractivity contribution in [3.8, 4) is 11.5 Å². The van der Waals surface area contributed by atoms with Crippen LogP contribution in [0.25, 0.3) is 11.5 Å². The fourth-order valence-corrected chi connectivity index (χ4v) is 3.53. The SMILES string of the molecule is CCOCC1CCCN(C(=O)Cc2nc(-c3ccccc3Cl)oc2C)C1. The summed E-state index contributed by atoms with van der Waals surface area (Å²) in [6, 6.07) is 7.41. The van der Waals surface area contributed by atoms with Crippen LogP contribution in [0, 0.1) is 12.8 Å². The van der Waals surface area contributed by atoms with Gasteiger partial charge in [-0.1, -0.05) is 23.7 Å². The number of likely N-dealkylation sites (tertiary alicyclic amines) is 1. The van der Waals surface area contributed by atoms with E-state index >= 15 is 0 Å². The lowest BCUT2D eigenvalue weighted by Gasteiger charge is -2.32. The van der Waals surface area contributed by atoms with Crippen molar-refractivity contribution in [2.75, 3.05) is 26.3 Å². The van der Waals surface area contributed by atoms with Crippen molar-refractivity contribution >= 4 is 17.5 Å². The number of aryl methyl sites for hydroxylation is 1. The monoisotopic (exact) mass is 376 g/mol. The van der Waals surface area contributed by atoms with Crippen LogP contribution in [0.2, 0.25) is 5.02 Å². The van der Waals surface area contributed by atoms with E-state index in [1.165, 1.54) is 0 Å². The third-order valence-electron chi connectivity index (χ3n) is 4.74. The Hall–Kier alpha value is -1.85. The van der Waals surface area contributed by atoms with Crippen molar-refractivity contribution in [3.63, 3.8) is 0 Å². The van der Waals surface area contributed by atoms with Crippen LogP contribution < -0.4 is 0 Å². The summed E-state index contributed by atoms with van der Waals surface area (Å²) in [5.74, 6) is 1.64. The van der Waals surface area contributed by atoms with E-state index in [9.17, 15) is 4.79 Å². The molecule has 1 aromatic carbocycles. The maximum atomic E-state index is 12.7. The topological polar surface area (TPSA) is 55.6 Å². The second-order valence-electron chi connectivity index (χ2n) is 6.69. The molecule has 1 aliphatic rings. The Morgan fingerprint density at radius 2 is 2.23 bits per heavy atom. The quantitative estimate of drug-likeness (QED) is 0.760. The van der Waals surface area contributed by atoms with Crippen LogP contribution in [0.5, 0.6) is 0 Å². The predicted octanol–water partition coefficient (Wildman–Crippen LogP) is 4.12. The summed E-state index contributed by atoms with van der Waals surface area (Å²) in [4.78, 5) is 19.2. The zero-order valence-corrected chi connectivity index (χ0v) is 16.1. The second-order valence-corrected chi connectivity index (χ2v) is 7.09. The van der Waals surface area contributed by atoms with E-state index in [1.807, 2.05) is 36.9 Å². The Bertz CT molecular complexity index is 759. The van der Waals surface area contributed by atoms with E-state index < -0.39 is 0 Å². The van der Waals surface area contributed by atoms with Crippen LogP contribution in [-0.4, -0.2) is 42.1 Å². The van der Waals surface area contributed by atoms with Crippen LogP contribution in [0.15, 0.2) is 28.7 Å². The first-order chi connectivity index (χ1) is 12.6. The minimum atomic E-state index is 0.0910. The zero-order valence-electron chi connectivity index (χ0n) is 15.3. The molecule has 0 N–H and O–H groups in total. The molecule has 1 aliphatic heterocycles. The average molecular weight is 377 g/mol. The third kappa shape index (κ3) is 4.46. The van der Waals surface area contributed by atoms with Gasteiger partial charge in [-0.25, -0.2) is 4.98 Å². The molecule has 1 fully saturated rings. The van der Waals surface area contributed by atoms with Gasteiger partial charge in [-0.15, -0.1) is 0 Å². The van der Waals surface area contributed by atoms with Gasteiger partial charge < -0.3 is 14.1 Å². The second kappa shape index (κ2) is 8.69. The smallest absolute Gasteiger partial charge is 0.228 e. The first kappa shape index (κ1) is 18.9. The first-order valence-electron chi connectivity index (χ1n) is 9.15. The van der Waals surface area contributed by atoms with E-state index in [1.54, 1.807) is 6.07 Å². The number of amides is 1. The van der Waals surface area contributed by atoms with E-state index in [-0.39, 0.29) is 12.3 Å². The van der Waals surface area contributed by atoms with Crippen LogP contribution in [0.3, 0.4) is 0 Å². The number of aromatic nitrogens is 1. The molecule has 2 aromatic rings. The number of carbonyl (C=O) groups excluding carboxylic acids is 1. The standard InChI is InChI=1S/C20H25ClN2O3/c1-3-25-13-15-7-6-10-23(12-15)19(24)11-18-14(2)26-20(22-18)16-8-4-5-9-17(16)21/h4-5,8-9,15H,3,6-7,10-13H2,1-2H3. The van der Waals surface area contributed by atoms with Crippen LogP contribution >= 0.6 is 11.6 Å². The van der Waals surface area contributed by atoms with Crippen molar-refractivity contribution in [2.45, 2.75) is 33.1 Å². The molecule has 26 heavy (non-hydrogen) atoms. The van der Waals surface area contributed by atoms with Crippen molar-refractivity contribution < 1.29 is 13.9 Å². The molecular weight excluding hydrogens is 352 g/mol. The molecule has 0 aliphatic carbocycles. The largest absolute Gasteiger partial charge is 0.441 e. The maximum absolute atomic E-state index is 12.7. The molecule has 2 heterocycles. The summed E-state index contributed by atoms with van der Waals surface area (Å²) >= 11 is 6.22. The Balaban J connectivity index is 1.67. The molecule has 1 atom stereocenters. The molecule has 3 rings (SSSR count). The molecule has 6 heteroatoms. The number of nitrogens with zero attached hydrogens (tertiary/aromatic N) is 2. The minimum absolute atomic E-state index is 0.0910. The minimum Gasteiger partial charge on any atom is -0.441 e. The Kier molecular flexibility index (Phi) is 6.33. The highest BCUT2D eigenvalue weighted by molar-refractivity contribution is 6.33. The number of rotatable bonds is 6. The van der Waals surface area contributed by atoms with Crippen molar-refractivity contribution in [1.82, 2.24) is 9.88 Å². The van der Waals surface area contributed by atoms with Gasteiger partial charge in [0.05, 0.1) is 29.3 Å². The highest BCUT2D eigenvalue weighted by Crippen LogP contribution is 2.28. The van der Waals surface area contributed by atoms with Crippen LogP contribution in [0.4, 0.5) is 0 Å². The van der Waals surface area contributed by atoms with E-state index in [0.717, 1.165) is 38.1 Å². The van der Waals surface area contributed by atoms with Gasteiger partial charge in [-0.3, -0.25) is 4.79 Å². The van der Waals surface area contributed by atoms with Gasteiger partial charge in [0.15, 0.2) is 0 Å². The number of hydrogen-bond acceptors (Lipinski definition) is 4. The molecule has 0 bridgehead atoms. The van der Waals surface area contributed by atoms with Gasteiger partial charge in [-0.05, 0) is 44.7 Å². The number of piperidine rings is 1. The molecule has 0 spiro atoms. The number of carbonyl (C=O) groups is 1. The number of benzene rings is 1. The summed E-state index contributed by atoms with van der Waals surface area (Å²) in [7, 11) is 0. The normalized spacial score (nSPS) is 17.5. The lowest BCUT2D eigenvalue weighted by atomic mass is 9.98. The molecule has 1 amide bonds. The molecule has 1 unspecified atom stereocenters. The number of oxazole rings is 1. The van der Waals surface area contributed by atoms with Gasteiger partial charge in [0.25, 0.3) is 0 Å². The van der Waals surface area contributed by atoms with E-state index in [0.29, 0.717) is 34.9 Å². The van der Waals surface area contributed by atoms with Crippen molar-refractivity contribution in [1.29, 1.82) is 0 Å². The van der Waals surface area contributed by atoms with Gasteiger partial charge in [-0.2, -0.15) is 0 Å². The number of halogens is 1. The summed E-state index contributed by atoms with van der Waals surface area (Å²) in [5, 5.41) is 0.585. The molecule has 140 valence electrons. The van der Waals surface area contributed by atoms with E-state index in [4.69, 9.17) is 20.8 Å². The van der Waals surface area contributed by atoms with Crippen LogP contribution in [-0.2, 0) is 16.0 Å². The Labute approximate surface area is 159 Å². The highest BCUT2D eigenvalue weighted by Gasteiger charge is 2.25. The highest BCUT2D eigenvalue weighted by atomic mass is 35.5. The lowest BCUT2D eigenvalue weighted by Crippen LogP contribution is -2.42. The molecule has 1 saturated heterocycles. The van der Waals surface area contributed by atoms with Gasteiger partial charge in [0.1, 0.15) is 5.76 Å². The van der Waals surface area contributed by atoms with E-state index in [2.05, 4.69) is 4.98 Å². The molecule has 1 aromatic heterocycles. The van der Waals surface area contributed by atoms with Gasteiger partial charge in [0, 0.05) is 19.7 Å².